The Hall–Kier alpha value is -1.68. The van der Waals surface area contributed by atoms with Gasteiger partial charge in [0, 0.05) is 6.54 Å². The molecule has 0 unspecified atom stereocenters. The zero-order valence-corrected chi connectivity index (χ0v) is 11.9. The lowest BCUT2D eigenvalue weighted by Crippen LogP contribution is -2.02. The lowest BCUT2D eigenvalue weighted by atomic mass is 10.1. The molecule has 1 aromatic heterocycles. The van der Waals surface area contributed by atoms with E-state index in [1.54, 1.807) is 13.4 Å². The van der Waals surface area contributed by atoms with E-state index in [4.69, 9.17) is 22.1 Å². The number of aromatic nitrogens is 2. The van der Waals surface area contributed by atoms with Crippen LogP contribution in [0.4, 0.5) is 5.82 Å². The van der Waals surface area contributed by atoms with Crippen LogP contribution in [0.3, 0.4) is 0 Å². The summed E-state index contributed by atoms with van der Waals surface area (Å²) in [4.78, 5) is 4.38. The largest absolute Gasteiger partial charge is 0.496 e. The van der Waals surface area contributed by atoms with Crippen LogP contribution >= 0.6 is 11.6 Å². The highest BCUT2D eigenvalue weighted by Crippen LogP contribution is 2.38. The molecule has 5 heteroatoms. The number of ether oxygens (including phenoxy) is 1. The average molecular weight is 280 g/mol. The van der Waals surface area contributed by atoms with Crippen LogP contribution in [0.5, 0.6) is 5.75 Å². The van der Waals surface area contributed by atoms with E-state index in [-0.39, 0.29) is 0 Å². The number of nitrogen functional groups attached to an aromatic ring is 1. The molecule has 0 bridgehead atoms. The Bertz CT molecular complexity index is 566. The first kappa shape index (κ1) is 13.7. The maximum atomic E-state index is 6.24. The summed E-state index contributed by atoms with van der Waals surface area (Å²) in [5, 5.41) is 0.590. The molecule has 0 radical (unpaired) electrons. The van der Waals surface area contributed by atoms with E-state index >= 15 is 0 Å². The van der Waals surface area contributed by atoms with Gasteiger partial charge in [0.1, 0.15) is 17.3 Å². The summed E-state index contributed by atoms with van der Waals surface area (Å²) in [6.07, 6.45) is 3.94. The predicted molar refractivity (Wildman–Crippen MR) is 78.5 cm³/mol. The van der Waals surface area contributed by atoms with Gasteiger partial charge < -0.3 is 15.0 Å². The lowest BCUT2D eigenvalue weighted by molar-refractivity contribution is 0.416. The first-order valence-electron chi connectivity index (χ1n) is 6.32. The number of imidazole rings is 1. The van der Waals surface area contributed by atoms with Crippen molar-refractivity contribution in [2.24, 2.45) is 0 Å². The summed E-state index contributed by atoms with van der Waals surface area (Å²) in [5.41, 5.74) is 7.58. The van der Waals surface area contributed by atoms with Gasteiger partial charge in [-0.1, -0.05) is 31.0 Å². The molecule has 0 aliphatic heterocycles. The number of aryl methyl sites for hydroxylation is 1. The zero-order valence-electron chi connectivity index (χ0n) is 11.2. The monoisotopic (exact) mass is 279 g/mol. The number of benzene rings is 1. The first-order chi connectivity index (χ1) is 9.19. The van der Waals surface area contributed by atoms with Crippen molar-refractivity contribution in [3.8, 4) is 17.0 Å². The number of hydrogen-bond donors (Lipinski definition) is 1. The second kappa shape index (κ2) is 5.97. The molecular formula is C14H18ClN3O. The minimum absolute atomic E-state index is 0.590. The third-order valence-electron chi connectivity index (χ3n) is 3.06. The van der Waals surface area contributed by atoms with Gasteiger partial charge in [-0.15, -0.1) is 0 Å². The molecule has 4 nitrogen and oxygen atoms in total. The molecule has 0 aliphatic carbocycles. The maximum Gasteiger partial charge on any atom is 0.131 e. The van der Waals surface area contributed by atoms with Gasteiger partial charge in [-0.2, -0.15) is 0 Å². The van der Waals surface area contributed by atoms with Crippen LogP contribution in [0, 0.1) is 0 Å². The second-order valence-corrected chi connectivity index (χ2v) is 4.75. The number of methoxy groups -OCH3 is 1. The Balaban J connectivity index is 2.45. The molecule has 0 fully saturated rings. The molecule has 0 spiro atoms. The molecule has 2 N–H and O–H groups in total. The van der Waals surface area contributed by atoms with Crippen molar-refractivity contribution >= 4 is 17.4 Å². The second-order valence-electron chi connectivity index (χ2n) is 4.34. The predicted octanol–water partition coefficient (Wildman–Crippen LogP) is 3.59. The molecule has 0 saturated heterocycles. The molecule has 2 rings (SSSR count). The molecule has 19 heavy (non-hydrogen) atoms. The van der Waals surface area contributed by atoms with Crippen LogP contribution in [0.25, 0.3) is 11.3 Å². The van der Waals surface area contributed by atoms with Crippen molar-refractivity contribution in [3.63, 3.8) is 0 Å². The van der Waals surface area contributed by atoms with Crippen LogP contribution in [0.1, 0.15) is 19.8 Å². The Morgan fingerprint density at radius 3 is 2.89 bits per heavy atom. The van der Waals surface area contributed by atoms with Gasteiger partial charge in [0.2, 0.25) is 0 Å². The van der Waals surface area contributed by atoms with Crippen LogP contribution in [0.2, 0.25) is 5.02 Å². The van der Waals surface area contributed by atoms with Crippen molar-refractivity contribution in [1.82, 2.24) is 9.55 Å². The summed E-state index contributed by atoms with van der Waals surface area (Å²) in [6.45, 7) is 3.01. The highest BCUT2D eigenvalue weighted by atomic mass is 35.5. The zero-order chi connectivity index (χ0) is 13.8. The van der Waals surface area contributed by atoms with E-state index in [1.807, 2.05) is 22.8 Å². The van der Waals surface area contributed by atoms with Crippen LogP contribution in [0.15, 0.2) is 24.5 Å². The standard InChI is InChI=1S/C14H18ClN3O/c1-3-4-8-18-9-17-13(14(18)16)12-10(15)6-5-7-11(12)19-2/h5-7,9H,3-4,8,16H2,1-2H3. The topological polar surface area (TPSA) is 53.1 Å². The normalized spacial score (nSPS) is 10.7. The van der Waals surface area contributed by atoms with Crippen LogP contribution < -0.4 is 10.5 Å². The van der Waals surface area contributed by atoms with Crippen molar-refractivity contribution in [3.05, 3.63) is 29.5 Å². The summed E-state index contributed by atoms with van der Waals surface area (Å²) in [6, 6.07) is 5.50. The number of unbranched alkanes of at least 4 members (excludes halogenated alkanes) is 1. The fraction of sp³-hybridized carbons (Fsp3) is 0.357. The fourth-order valence-electron chi connectivity index (χ4n) is 2.00. The van der Waals surface area contributed by atoms with E-state index < -0.39 is 0 Å². The smallest absolute Gasteiger partial charge is 0.131 e. The molecule has 0 amide bonds. The molecular weight excluding hydrogens is 262 g/mol. The van der Waals surface area contributed by atoms with E-state index in [9.17, 15) is 0 Å². The van der Waals surface area contributed by atoms with E-state index in [1.165, 1.54) is 0 Å². The Morgan fingerprint density at radius 1 is 1.42 bits per heavy atom. The molecule has 102 valence electrons. The number of anilines is 1. The molecule has 1 aromatic carbocycles. The van der Waals surface area contributed by atoms with Crippen molar-refractivity contribution in [2.45, 2.75) is 26.3 Å². The van der Waals surface area contributed by atoms with Gasteiger partial charge in [0.15, 0.2) is 0 Å². The third-order valence-corrected chi connectivity index (χ3v) is 3.38. The first-order valence-corrected chi connectivity index (χ1v) is 6.70. The van der Waals surface area contributed by atoms with Gasteiger partial charge >= 0.3 is 0 Å². The van der Waals surface area contributed by atoms with Gasteiger partial charge in [0.25, 0.3) is 0 Å². The van der Waals surface area contributed by atoms with Gasteiger partial charge in [-0.05, 0) is 18.6 Å². The Morgan fingerprint density at radius 2 is 2.21 bits per heavy atom. The summed E-state index contributed by atoms with van der Waals surface area (Å²) in [5.74, 6) is 1.31. The number of nitrogens with two attached hydrogens (primary N) is 1. The molecule has 0 saturated carbocycles. The fourth-order valence-corrected chi connectivity index (χ4v) is 2.25. The highest BCUT2D eigenvalue weighted by molar-refractivity contribution is 6.33. The van der Waals surface area contributed by atoms with Crippen molar-refractivity contribution in [2.75, 3.05) is 12.8 Å². The van der Waals surface area contributed by atoms with Crippen LogP contribution in [-0.4, -0.2) is 16.7 Å². The summed E-state index contributed by atoms with van der Waals surface area (Å²) < 4.78 is 7.28. The number of nitrogens with zero attached hydrogens (tertiary/aromatic N) is 2. The minimum Gasteiger partial charge on any atom is -0.496 e. The quantitative estimate of drug-likeness (QED) is 0.910. The molecule has 0 atom stereocenters. The minimum atomic E-state index is 0.590. The maximum absolute atomic E-state index is 6.24. The SMILES string of the molecule is CCCCn1cnc(-c2c(Cl)cccc2OC)c1N. The average Bonchev–Trinajstić information content (AvgIpc) is 2.77. The number of rotatable bonds is 5. The van der Waals surface area contributed by atoms with E-state index in [0.29, 0.717) is 22.3 Å². The highest BCUT2D eigenvalue weighted by Gasteiger charge is 2.17. The Kier molecular flexibility index (Phi) is 4.32. The molecule has 1 heterocycles. The summed E-state index contributed by atoms with van der Waals surface area (Å²) in [7, 11) is 1.61. The van der Waals surface area contributed by atoms with Gasteiger partial charge in [0.05, 0.1) is 24.0 Å². The van der Waals surface area contributed by atoms with E-state index in [0.717, 1.165) is 24.9 Å². The van der Waals surface area contributed by atoms with E-state index in [2.05, 4.69) is 11.9 Å². The van der Waals surface area contributed by atoms with Gasteiger partial charge in [-0.3, -0.25) is 0 Å². The Labute approximate surface area is 118 Å². The van der Waals surface area contributed by atoms with Crippen LogP contribution in [-0.2, 0) is 6.54 Å². The van der Waals surface area contributed by atoms with Gasteiger partial charge in [-0.25, -0.2) is 4.98 Å². The third kappa shape index (κ3) is 2.68. The lowest BCUT2D eigenvalue weighted by Gasteiger charge is -2.10. The molecule has 2 aromatic rings. The number of hydrogen-bond acceptors (Lipinski definition) is 3. The summed E-state index contributed by atoms with van der Waals surface area (Å²) >= 11 is 6.24. The van der Waals surface area contributed by atoms with Crippen molar-refractivity contribution in [1.29, 1.82) is 0 Å². The van der Waals surface area contributed by atoms with Crippen molar-refractivity contribution < 1.29 is 4.74 Å². The number of halogens is 1. The molecule has 0 aliphatic rings.